The minimum Gasteiger partial charge on any atom is -0.339 e. The number of aryl methyl sites for hydroxylation is 1. The molecule has 0 saturated carbocycles. The van der Waals surface area contributed by atoms with E-state index in [4.69, 9.17) is 0 Å². The van der Waals surface area contributed by atoms with Crippen LogP contribution in [-0.2, 0) is 15.0 Å². The van der Waals surface area contributed by atoms with Gasteiger partial charge in [0.15, 0.2) is 5.65 Å². The van der Waals surface area contributed by atoms with Crippen LogP contribution in [-0.4, -0.2) is 57.3 Å². The first-order valence-electron chi connectivity index (χ1n) is 10.4. The van der Waals surface area contributed by atoms with Gasteiger partial charge in [0.25, 0.3) is 5.91 Å². The van der Waals surface area contributed by atoms with E-state index in [9.17, 15) is 14.4 Å². The second kappa shape index (κ2) is 7.01. The molecule has 2 aliphatic rings. The number of hydrogen-bond acceptors (Lipinski definition) is 5. The van der Waals surface area contributed by atoms with Crippen molar-refractivity contribution in [1.82, 2.24) is 20.1 Å². The Morgan fingerprint density at radius 1 is 1.19 bits per heavy atom. The molecule has 8 heteroatoms. The first-order valence-corrected chi connectivity index (χ1v) is 10.4. The second-order valence-electron chi connectivity index (χ2n) is 8.47. The number of Topliss-reactive ketones (excluding diaryl/α,β-unsaturated/α-hetero) is 1. The van der Waals surface area contributed by atoms with Crippen molar-refractivity contribution in [3.8, 4) is 0 Å². The van der Waals surface area contributed by atoms with Crippen molar-refractivity contribution < 1.29 is 14.4 Å². The van der Waals surface area contributed by atoms with Crippen LogP contribution < -0.4 is 4.90 Å². The smallest absolute Gasteiger partial charge is 0.255 e. The topological polar surface area (TPSA) is 99.3 Å². The molecule has 0 bridgehead atoms. The van der Waals surface area contributed by atoms with Crippen LogP contribution in [0.4, 0.5) is 5.69 Å². The van der Waals surface area contributed by atoms with Gasteiger partial charge in [-0.3, -0.25) is 19.5 Å². The van der Waals surface area contributed by atoms with Crippen LogP contribution in [0.25, 0.3) is 11.0 Å². The van der Waals surface area contributed by atoms with Crippen LogP contribution >= 0.6 is 0 Å². The predicted molar refractivity (Wildman–Crippen MR) is 115 cm³/mol. The fourth-order valence-corrected chi connectivity index (χ4v) is 5.05. The quantitative estimate of drug-likeness (QED) is 0.705. The Kier molecular flexibility index (Phi) is 4.39. The maximum absolute atomic E-state index is 13.5. The number of H-pyrrole nitrogens is 1. The number of likely N-dealkylation sites (tertiary alicyclic amines) is 1. The summed E-state index contributed by atoms with van der Waals surface area (Å²) in [5.74, 6) is -0.172. The Balaban J connectivity index is 1.43. The summed E-state index contributed by atoms with van der Waals surface area (Å²) < 4.78 is 0. The number of aromatic amines is 1. The van der Waals surface area contributed by atoms with E-state index in [0.29, 0.717) is 37.1 Å². The third kappa shape index (κ3) is 2.93. The molecule has 3 aromatic rings. The highest BCUT2D eigenvalue weighted by Gasteiger charge is 2.53. The van der Waals surface area contributed by atoms with Gasteiger partial charge in [0.2, 0.25) is 5.91 Å². The van der Waals surface area contributed by atoms with Gasteiger partial charge in [0.05, 0.1) is 23.7 Å². The van der Waals surface area contributed by atoms with E-state index < -0.39 is 5.41 Å². The molecular formula is C23H23N5O3. The van der Waals surface area contributed by atoms with Crippen LogP contribution in [0.1, 0.15) is 41.3 Å². The monoisotopic (exact) mass is 417 g/mol. The molecule has 2 aromatic heterocycles. The number of rotatable bonds is 3. The van der Waals surface area contributed by atoms with Gasteiger partial charge < -0.3 is 9.80 Å². The van der Waals surface area contributed by atoms with Crippen molar-refractivity contribution >= 4 is 34.3 Å². The average Bonchev–Trinajstić information content (AvgIpc) is 3.31. The lowest BCUT2D eigenvalue weighted by Crippen LogP contribution is -2.50. The number of ketones is 1. The minimum atomic E-state index is -0.681. The van der Waals surface area contributed by atoms with Gasteiger partial charge in [-0.05, 0) is 49.9 Å². The summed E-state index contributed by atoms with van der Waals surface area (Å²) in [7, 11) is 0. The van der Waals surface area contributed by atoms with Gasteiger partial charge in [0, 0.05) is 30.4 Å². The summed E-state index contributed by atoms with van der Waals surface area (Å²) in [6, 6.07) is 7.63. The summed E-state index contributed by atoms with van der Waals surface area (Å²) in [4.78, 5) is 46.1. The molecule has 1 spiro atoms. The number of nitrogens with one attached hydrogen (secondary N) is 1. The lowest BCUT2D eigenvalue weighted by atomic mass is 9.72. The number of amides is 2. The minimum absolute atomic E-state index is 0.0272. The van der Waals surface area contributed by atoms with Gasteiger partial charge in [-0.2, -0.15) is 5.10 Å². The standard InChI is InChI=1S/C23H23N5O3/c1-14-4-3-5-18-19(14)23(22(31)28(18)13-15(2)29)6-8-27(9-7-23)21(30)17-10-16-12-25-26-20(16)24-11-17/h3-5,10-12H,6-9,13H2,1-2H3,(H,24,25,26). The molecule has 1 N–H and O–H groups in total. The molecule has 1 saturated heterocycles. The number of hydrogen-bond donors (Lipinski definition) is 1. The van der Waals surface area contributed by atoms with Crippen LogP contribution in [0.5, 0.6) is 0 Å². The highest BCUT2D eigenvalue weighted by atomic mass is 16.2. The van der Waals surface area contributed by atoms with Crippen molar-refractivity contribution in [3.63, 3.8) is 0 Å². The molecule has 31 heavy (non-hydrogen) atoms. The number of aromatic nitrogens is 3. The van der Waals surface area contributed by atoms with Gasteiger partial charge in [-0.25, -0.2) is 4.98 Å². The van der Waals surface area contributed by atoms with Crippen LogP contribution in [0.2, 0.25) is 0 Å². The Bertz CT molecular complexity index is 1220. The maximum atomic E-state index is 13.5. The SMILES string of the molecule is CC(=O)CN1C(=O)C2(CCN(C(=O)c3cnc4[nH]ncc4c3)CC2)c2c(C)cccc21. The predicted octanol–water partition coefficient (Wildman–Crippen LogP) is 2.38. The molecule has 2 aliphatic heterocycles. The Morgan fingerprint density at radius 3 is 2.71 bits per heavy atom. The number of carbonyl (C=O) groups excluding carboxylic acids is 3. The molecular weight excluding hydrogens is 394 g/mol. The number of fused-ring (bicyclic) bond motifs is 3. The molecule has 4 heterocycles. The van der Waals surface area contributed by atoms with E-state index in [1.54, 1.807) is 28.3 Å². The van der Waals surface area contributed by atoms with Crippen LogP contribution in [0, 0.1) is 6.92 Å². The van der Waals surface area contributed by atoms with Gasteiger partial charge in [0.1, 0.15) is 5.78 Å². The first-order chi connectivity index (χ1) is 14.9. The summed E-state index contributed by atoms with van der Waals surface area (Å²) in [5.41, 5.74) is 3.36. The largest absolute Gasteiger partial charge is 0.339 e. The molecule has 158 valence electrons. The summed E-state index contributed by atoms with van der Waals surface area (Å²) >= 11 is 0. The fourth-order valence-electron chi connectivity index (χ4n) is 5.05. The number of nitrogens with zero attached hydrogens (tertiary/aromatic N) is 4. The molecule has 8 nitrogen and oxygen atoms in total. The summed E-state index contributed by atoms with van der Waals surface area (Å²) in [6.45, 7) is 4.52. The maximum Gasteiger partial charge on any atom is 0.255 e. The Labute approximate surface area is 179 Å². The van der Waals surface area contributed by atoms with E-state index in [1.165, 1.54) is 6.92 Å². The number of pyridine rings is 1. The highest BCUT2D eigenvalue weighted by molar-refractivity contribution is 6.11. The van der Waals surface area contributed by atoms with E-state index in [0.717, 1.165) is 22.2 Å². The second-order valence-corrected chi connectivity index (χ2v) is 8.47. The van der Waals surface area contributed by atoms with Crippen LogP contribution in [0.15, 0.2) is 36.7 Å². The lowest BCUT2D eigenvalue weighted by molar-refractivity contribution is -0.126. The van der Waals surface area contributed by atoms with E-state index in [-0.39, 0.29) is 24.1 Å². The van der Waals surface area contributed by atoms with Crippen LogP contribution in [0.3, 0.4) is 0 Å². The van der Waals surface area contributed by atoms with Gasteiger partial charge in [-0.15, -0.1) is 0 Å². The fraction of sp³-hybridized carbons (Fsp3) is 0.348. The van der Waals surface area contributed by atoms with E-state index in [1.807, 2.05) is 25.1 Å². The zero-order valence-electron chi connectivity index (χ0n) is 17.5. The van der Waals surface area contributed by atoms with Crippen molar-refractivity contribution in [3.05, 3.63) is 53.3 Å². The molecule has 0 radical (unpaired) electrons. The van der Waals surface area contributed by atoms with Crippen molar-refractivity contribution in [1.29, 1.82) is 0 Å². The molecule has 1 aromatic carbocycles. The normalized spacial score (nSPS) is 17.4. The third-order valence-corrected chi connectivity index (χ3v) is 6.50. The van der Waals surface area contributed by atoms with Crippen molar-refractivity contribution in [2.24, 2.45) is 0 Å². The van der Waals surface area contributed by atoms with Gasteiger partial charge in [-0.1, -0.05) is 12.1 Å². The molecule has 0 unspecified atom stereocenters. The summed E-state index contributed by atoms with van der Waals surface area (Å²) in [5, 5.41) is 7.52. The lowest BCUT2D eigenvalue weighted by Gasteiger charge is -2.39. The Hall–Kier alpha value is -3.55. The molecule has 0 aliphatic carbocycles. The van der Waals surface area contributed by atoms with Gasteiger partial charge >= 0.3 is 0 Å². The number of carbonyl (C=O) groups is 3. The third-order valence-electron chi connectivity index (χ3n) is 6.50. The molecule has 0 atom stereocenters. The summed E-state index contributed by atoms with van der Waals surface area (Å²) in [6.07, 6.45) is 4.27. The molecule has 5 rings (SSSR count). The first kappa shape index (κ1) is 19.4. The Morgan fingerprint density at radius 2 is 1.97 bits per heavy atom. The zero-order chi connectivity index (χ0) is 21.8. The number of piperidine rings is 1. The average molecular weight is 417 g/mol. The van der Waals surface area contributed by atoms with Crippen molar-refractivity contribution in [2.45, 2.75) is 32.1 Å². The van der Waals surface area contributed by atoms with E-state index in [2.05, 4.69) is 15.2 Å². The van der Waals surface area contributed by atoms with Crippen molar-refractivity contribution in [2.75, 3.05) is 24.5 Å². The highest BCUT2D eigenvalue weighted by Crippen LogP contribution is 2.49. The number of anilines is 1. The molecule has 2 amide bonds. The zero-order valence-corrected chi connectivity index (χ0v) is 17.5. The molecule has 1 fully saturated rings. The van der Waals surface area contributed by atoms with E-state index >= 15 is 0 Å². The number of benzene rings is 1.